The molecule has 6 heteroatoms. The molecule has 4 aromatic rings. The Bertz CT molecular complexity index is 1170. The van der Waals surface area contributed by atoms with Crippen molar-refractivity contribution in [3.8, 4) is 0 Å². The summed E-state index contributed by atoms with van der Waals surface area (Å²) in [6.45, 7) is 1.72. The van der Waals surface area contributed by atoms with Gasteiger partial charge in [-0.1, -0.05) is 65.8 Å². The molecule has 0 aliphatic carbocycles. The number of ether oxygens (including phenoxy) is 1. The third kappa shape index (κ3) is 4.16. The zero-order chi connectivity index (χ0) is 20.2. The zero-order valence-electron chi connectivity index (χ0n) is 15.7. The SMILES string of the molecule is Cc1cc(NC(=O)C(OC(=O)c2ccc3ccccc3c2)c2ccccc2)no1. The van der Waals surface area contributed by atoms with Crippen molar-refractivity contribution in [2.75, 3.05) is 5.32 Å². The second-order valence-corrected chi connectivity index (χ2v) is 6.57. The number of aromatic nitrogens is 1. The Morgan fingerprint density at radius 2 is 1.66 bits per heavy atom. The van der Waals surface area contributed by atoms with Crippen LogP contribution in [0.5, 0.6) is 0 Å². The molecule has 0 bridgehead atoms. The first kappa shape index (κ1) is 18.4. The minimum atomic E-state index is -1.13. The highest BCUT2D eigenvalue weighted by Gasteiger charge is 2.26. The number of hydrogen-bond acceptors (Lipinski definition) is 5. The van der Waals surface area contributed by atoms with E-state index in [4.69, 9.17) is 9.26 Å². The summed E-state index contributed by atoms with van der Waals surface area (Å²) < 4.78 is 10.6. The van der Waals surface area contributed by atoms with E-state index >= 15 is 0 Å². The fourth-order valence-electron chi connectivity index (χ4n) is 3.01. The quantitative estimate of drug-likeness (QED) is 0.504. The highest BCUT2D eigenvalue weighted by molar-refractivity contribution is 5.99. The lowest BCUT2D eigenvalue weighted by Gasteiger charge is -2.17. The van der Waals surface area contributed by atoms with Crippen molar-refractivity contribution in [2.45, 2.75) is 13.0 Å². The fraction of sp³-hybridized carbons (Fsp3) is 0.0870. The topological polar surface area (TPSA) is 81.4 Å². The van der Waals surface area contributed by atoms with E-state index in [1.54, 1.807) is 49.4 Å². The Balaban J connectivity index is 1.60. The third-order valence-electron chi connectivity index (χ3n) is 4.43. The van der Waals surface area contributed by atoms with Gasteiger partial charge < -0.3 is 14.6 Å². The first-order valence-electron chi connectivity index (χ1n) is 9.09. The molecule has 1 heterocycles. The molecule has 1 atom stereocenters. The number of benzene rings is 3. The Morgan fingerprint density at radius 3 is 2.38 bits per heavy atom. The Hall–Kier alpha value is -3.93. The number of carbonyl (C=O) groups excluding carboxylic acids is 2. The molecule has 0 spiro atoms. The van der Waals surface area contributed by atoms with E-state index in [2.05, 4.69) is 10.5 Å². The van der Waals surface area contributed by atoms with Crippen LogP contribution in [0.15, 0.2) is 83.4 Å². The van der Waals surface area contributed by atoms with Gasteiger partial charge in [0.05, 0.1) is 5.56 Å². The number of nitrogens with zero attached hydrogens (tertiary/aromatic N) is 1. The molecule has 0 aliphatic heterocycles. The Morgan fingerprint density at radius 1 is 0.931 bits per heavy atom. The number of aryl methyl sites for hydroxylation is 1. The van der Waals surface area contributed by atoms with Gasteiger partial charge in [-0.25, -0.2) is 4.79 Å². The van der Waals surface area contributed by atoms with E-state index < -0.39 is 18.0 Å². The maximum absolute atomic E-state index is 12.8. The Kier molecular flexibility index (Phi) is 5.07. The van der Waals surface area contributed by atoms with Crippen LogP contribution < -0.4 is 5.32 Å². The van der Waals surface area contributed by atoms with Gasteiger partial charge in [-0.2, -0.15) is 0 Å². The van der Waals surface area contributed by atoms with Crippen molar-refractivity contribution in [1.29, 1.82) is 0 Å². The molecular weight excluding hydrogens is 368 g/mol. The molecule has 29 heavy (non-hydrogen) atoms. The van der Waals surface area contributed by atoms with Gasteiger partial charge in [0, 0.05) is 11.6 Å². The molecule has 0 saturated carbocycles. The van der Waals surface area contributed by atoms with E-state index in [0.717, 1.165) is 10.8 Å². The third-order valence-corrected chi connectivity index (χ3v) is 4.43. The molecule has 0 fully saturated rings. The summed E-state index contributed by atoms with van der Waals surface area (Å²) >= 11 is 0. The fourth-order valence-corrected chi connectivity index (χ4v) is 3.01. The van der Waals surface area contributed by atoms with Crippen LogP contribution in [-0.4, -0.2) is 17.0 Å². The second kappa shape index (κ2) is 7.98. The molecule has 144 valence electrons. The molecule has 0 radical (unpaired) electrons. The molecule has 1 amide bonds. The van der Waals surface area contributed by atoms with Crippen LogP contribution in [0.25, 0.3) is 10.8 Å². The van der Waals surface area contributed by atoms with Crippen LogP contribution in [-0.2, 0) is 9.53 Å². The average Bonchev–Trinajstić information content (AvgIpc) is 3.16. The van der Waals surface area contributed by atoms with Crippen molar-refractivity contribution >= 4 is 28.5 Å². The van der Waals surface area contributed by atoms with Gasteiger partial charge >= 0.3 is 5.97 Å². The number of nitrogens with one attached hydrogen (secondary N) is 1. The predicted molar refractivity (Wildman–Crippen MR) is 108 cm³/mol. The van der Waals surface area contributed by atoms with Crippen molar-refractivity contribution in [1.82, 2.24) is 5.16 Å². The van der Waals surface area contributed by atoms with E-state index in [9.17, 15) is 9.59 Å². The summed E-state index contributed by atoms with van der Waals surface area (Å²) in [6.07, 6.45) is -1.13. The molecule has 3 aromatic carbocycles. The minimum Gasteiger partial charge on any atom is -0.444 e. The van der Waals surface area contributed by atoms with Crippen LogP contribution >= 0.6 is 0 Å². The van der Waals surface area contributed by atoms with Gasteiger partial charge in [0.15, 0.2) is 5.82 Å². The van der Waals surface area contributed by atoms with Gasteiger partial charge in [-0.3, -0.25) is 4.79 Å². The maximum atomic E-state index is 12.8. The van der Waals surface area contributed by atoms with Gasteiger partial charge in [0.2, 0.25) is 6.10 Å². The monoisotopic (exact) mass is 386 g/mol. The standard InChI is InChI=1S/C23H18N2O4/c1-15-13-20(25-29-15)24-22(26)21(17-8-3-2-4-9-17)28-23(27)19-12-11-16-7-5-6-10-18(16)14-19/h2-14,21H,1H3,(H,24,25,26). The number of hydrogen-bond donors (Lipinski definition) is 1. The van der Waals surface area contributed by atoms with Crippen LogP contribution in [0.1, 0.15) is 27.8 Å². The van der Waals surface area contributed by atoms with Gasteiger partial charge in [-0.05, 0) is 29.8 Å². The lowest BCUT2D eigenvalue weighted by molar-refractivity contribution is -0.125. The molecule has 1 N–H and O–H groups in total. The molecule has 4 rings (SSSR count). The highest BCUT2D eigenvalue weighted by atomic mass is 16.5. The molecule has 0 aliphatic rings. The largest absolute Gasteiger partial charge is 0.444 e. The molecule has 6 nitrogen and oxygen atoms in total. The minimum absolute atomic E-state index is 0.259. The van der Waals surface area contributed by atoms with Crippen LogP contribution in [0.2, 0.25) is 0 Å². The second-order valence-electron chi connectivity index (χ2n) is 6.57. The number of rotatable bonds is 5. The maximum Gasteiger partial charge on any atom is 0.339 e. The van der Waals surface area contributed by atoms with Crippen molar-refractivity contribution in [3.63, 3.8) is 0 Å². The smallest absolute Gasteiger partial charge is 0.339 e. The van der Waals surface area contributed by atoms with E-state index in [-0.39, 0.29) is 5.82 Å². The van der Waals surface area contributed by atoms with Crippen molar-refractivity contribution in [2.24, 2.45) is 0 Å². The lowest BCUT2D eigenvalue weighted by Crippen LogP contribution is -2.26. The van der Waals surface area contributed by atoms with Crippen molar-refractivity contribution in [3.05, 3.63) is 95.7 Å². The summed E-state index contributed by atoms with van der Waals surface area (Å²) in [5, 5.41) is 8.32. The number of esters is 1. The first-order chi connectivity index (χ1) is 14.1. The number of carbonyl (C=O) groups is 2. The summed E-state index contributed by atoms with van der Waals surface area (Å²) in [5.41, 5.74) is 0.925. The van der Waals surface area contributed by atoms with Crippen molar-refractivity contribution < 1.29 is 18.8 Å². The summed E-state index contributed by atoms with van der Waals surface area (Å²) in [4.78, 5) is 25.6. The van der Waals surface area contributed by atoms with Gasteiger partial charge in [0.25, 0.3) is 5.91 Å². The normalized spacial score (nSPS) is 11.8. The zero-order valence-corrected chi connectivity index (χ0v) is 15.7. The lowest BCUT2D eigenvalue weighted by atomic mass is 10.1. The van der Waals surface area contributed by atoms with E-state index in [1.807, 2.05) is 36.4 Å². The summed E-state index contributed by atoms with van der Waals surface area (Å²) in [7, 11) is 0. The van der Waals surface area contributed by atoms with Crippen LogP contribution in [0.3, 0.4) is 0 Å². The van der Waals surface area contributed by atoms with Gasteiger partial charge in [-0.15, -0.1) is 0 Å². The highest BCUT2D eigenvalue weighted by Crippen LogP contribution is 2.23. The first-order valence-corrected chi connectivity index (χ1v) is 9.09. The molecule has 1 aromatic heterocycles. The molecular formula is C23H18N2O4. The van der Waals surface area contributed by atoms with E-state index in [0.29, 0.717) is 16.9 Å². The number of anilines is 1. The summed E-state index contributed by atoms with van der Waals surface area (Å²) in [5.74, 6) is -0.283. The van der Waals surface area contributed by atoms with Gasteiger partial charge in [0.1, 0.15) is 5.76 Å². The van der Waals surface area contributed by atoms with Crippen LogP contribution in [0.4, 0.5) is 5.82 Å². The number of amides is 1. The molecule has 1 unspecified atom stereocenters. The van der Waals surface area contributed by atoms with Crippen LogP contribution in [0, 0.1) is 6.92 Å². The Labute approximate surface area is 167 Å². The van der Waals surface area contributed by atoms with E-state index in [1.165, 1.54) is 0 Å². The number of fused-ring (bicyclic) bond motifs is 1. The predicted octanol–water partition coefficient (Wildman–Crippen LogP) is 4.67. The average molecular weight is 386 g/mol. The summed E-state index contributed by atoms with van der Waals surface area (Å²) in [6, 6.07) is 23.4. The molecule has 0 saturated heterocycles.